The van der Waals surface area contributed by atoms with E-state index in [-0.39, 0.29) is 31.4 Å². The quantitative estimate of drug-likeness (QED) is 0.500. The van der Waals surface area contributed by atoms with Crippen molar-refractivity contribution in [2.24, 2.45) is 5.92 Å². The summed E-state index contributed by atoms with van der Waals surface area (Å²) in [6.07, 6.45) is -0.0707. The molecule has 120 valence electrons. The lowest BCUT2D eigenvalue weighted by Crippen LogP contribution is -2.49. The summed E-state index contributed by atoms with van der Waals surface area (Å²) in [7, 11) is 1.23. The Labute approximate surface area is 123 Å². The van der Waals surface area contributed by atoms with Crippen LogP contribution in [0.5, 0.6) is 0 Å². The zero-order chi connectivity index (χ0) is 15.8. The summed E-state index contributed by atoms with van der Waals surface area (Å²) >= 11 is 0. The van der Waals surface area contributed by atoms with Gasteiger partial charge in [-0.1, -0.05) is 6.92 Å². The molecule has 8 heteroatoms. The standard InChI is InChI=1S/C13H22N2O6/c1-3-14-10-7-21-6-8(10)12(17)15-9(13(18)19)4-5-11(16)20-2/h8-10,14H,3-7H2,1-2H3,(H,15,17)(H,18,19)/t8?,9-,10?/m0/s1. The van der Waals surface area contributed by atoms with Crippen LogP contribution in [0.4, 0.5) is 0 Å². The maximum atomic E-state index is 12.1. The monoisotopic (exact) mass is 302 g/mol. The molecule has 2 unspecified atom stereocenters. The second-order valence-electron chi connectivity index (χ2n) is 4.82. The number of carboxylic acids is 1. The third-order valence-electron chi connectivity index (χ3n) is 3.36. The highest BCUT2D eigenvalue weighted by Gasteiger charge is 2.35. The number of rotatable bonds is 8. The molecule has 1 aliphatic heterocycles. The van der Waals surface area contributed by atoms with Crippen molar-refractivity contribution in [3.8, 4) is 0 Å². The minimum absolute atomic E-state index is 0.00675. The zero-order valence-electron chi connectivity index (χ0n) is 12.3. The van der Waals surface area contributed by atoms with Gasteiger partial charge in [0.25, 0.3) is 0 Å². The first-order valence-electron chi connectivity index (χ1n) is 6.90. The molecule has 1 rings (SSSR count). The van der Waals surface area contributed by atoms with Crippen LogP contribution in [0.1, 0.15) is 19.8 Å². The summed E-state index contributed by atoms with van der Waals surface area (Å²) in [6, 6.07) is -1.23. The largest absolute Gasteiger partial charge is 0.480 e. The maximum absolute atomic E-state index is 12.1. The van der Waals surface area contributed by atoms with E-state index in [4.69, 9.17) is 9.84 Å². The number of nitrogens with one attached hydrogen (secondary N) is 2. The van der Waals surface area contributed by atoms with Gasteiger partial charge >= 0.3 is 11.9 Å². The number of carbonyl (C=O) groups excluding carboxylic acids is 2. The normalized spacial score (nSPS) is 22.6. The van der Waals surface area contributed by atoms with Crippen LogP contribution in [0.15, 0.2) is 0 Å². The van der Waals surface area contributed by atoms with Gasteiger partial charge in [0.2, 0.25) is 5.91 Å². The van der Waals surface area contributed by atoms with Gasteiger partial charge in [-0.25, -0.2) is 4.79 Å². The average molecular weight is 302 g/mol. The molecule has 1 amide bonds. The Bertz CT molecular complexity index is 387. The number of likely N-dealkylation sites (N-methyl/N-ethyl adjacent to an activating group) is 1. The Morgan fingerprint density at radius 2 is 2.10 bits per heavy atom. The van der Waals surface area contributed by atoms with Gasteiger partial charge in [-0.2, -0.15) is 0 Å². The lowest BCUT2D eigenvalue weighted by molar-refractivity contribution is -0.144. The van der Waals surface area contributed by atoms with E-state index in [0.717, 1.165) is 0 Å². The number of carbonyl (C=O) groups is 3. The molecule has 0 aromatic rings. The lowest BCUT2D eigenvalue weighted by Gasteiger charge is -2.20. The van der Waals surface area contributed by atoms with Crippen molar-refractivity contribution in [1.29, 1.82) is 0 Å². The summed E-state index contributed by atoms with van der Waals surface area (Å²) in [6.45, 7) is 3.30. The molecule has 1 heterocycles. The molecule has 0 bridgehead atoms. The third kappa shape index (κ3) is 5.31. The van der Waals surface area contributed by atoms with Crippen molar-refractivity contribution >= 4 is 17.8 Å². The van der Waals surface area contributed by atoms with Crippen LogP contribution in [-0.4, -0.2) is 61.9 Å². The van der Waals surface area contributed by atoms with Gasteiger partial charge in [-0.3, -0.25) is 9.59 Å². The van der Waals surface area contributed by atoms with Crippen LogP contribution in [0.2, 0.25) is 0 Å². The van der Waals surface area contributed by atoms with Gasteiger partial charge in [0, 0.05) is 12.5 Å². The molecule has 0 aromatic carbocycles. The van der Waals surface area contributed by atoms with Crippen LogP contribution in [-0.2, 0) is 23.9 Å². The summed E-state index contributed by atoms with van der Waals surface area (Å²) < 4.78 is 9.72. The number of hydrogen-bond donors (Lipinski definition) is 3. The number of aliphatic carboxylic acids is 1. The maximum Gasteiger partial charge on any atom is 0.326 e. The van der Waals surface area contributed by atoms with E-state index >= 15 is 0 Å². The van der Waals surface area contributed by atoms with E-state index < -0.39 is 23.9 Å². The van der Waals surface area contributed by atoms with Crippen molar-refractivity contribution in [2.75, 3.05) is 26.9 Å². The molecule has 0 radical (unpaired) electrons. The molecular formula is C13H22N2O6. The molecule has 1 fully saturated rings. The molecule has 0 spiro atoms. The van der Waals surface area contributed by atoms with Gasteiger partial charge in [-0.15, -0.1) is 0 Å². The Kier molecular flexibility index (Phi) is 7.10. The van der Waals surface area contributed by atoms with Crippen LogP contribution in [0, 0.1) is 5.92 Å². The van der Waals surface area contributed by atoms with E-state index in [9.17, 15) is 14.4 Å². The van der Waals surface area contributed by atoms with Crippen molar-refractivity contribution < 1.29 is 29.0 Å². The van der Waals surface area contributed by atoms with Crippen molar-refractivity contribution in [1.82, 2.24) is 10.6 Å². The van der Waals surface area contributed by atoms with E-state index in [1.54, 1.807) is 0 Å². The Morgan fingerprint density at radius 3 is 2.67 bits per heavy atom. The summed E-state index contributed by atoms with van der Waals surface area (Å²) in [5.74, 6) is -2.49. The molecule has 0 aliphatic carbocycles. The fraction of sp³-hybridized carbons (Fsp3) is 0.769. The van der Waals surface area contributed by atoms with E-state index in [1.165, 1.54) is 7.11 Å². The van der Waals surface area contributed by atoms with E-state index in [2.05, 4.69) is 15.4 Å². The molecule has 21 heavy (non-hydrogen) atoms. The molecule has 3 atom stereocenters. The molecule has 1 saturated heterocycles. The first-order chi connectivity index (χ1) is 9.99. The van der Waals surface area contributed by atoms with E-state index in [0.29, 0.717) is 13.2 Å². The van der Waals surface area contributed by atoms with Crippen LogP contribution >= 0.6 is 0 Å². The predicted molar refractivity (Wildman–Crippen MR) is 72.6 cm³/mol. The Balaban J connectivity index is 2.55. The minimum atomic E-state index is -1.17. The first-order valence-corrected chi connectivity index (χ1v) is 6.90. The second-order valence-corrected chi connectivity index (χ2v) is 4.82. The van der Waals surface area contributed by atoms with Crippen molar-refractivity contribution in [2.45, 2.75) is 31.8 Å². The van der Waals surface area contributed by atoms with Gasteiger partial charge in [-0.05, 0) is 13.0 Å². The number of carboxylic acid groups (broad SMARTS) is 1. The fourth-order valence-electron chi connectivity index (χ4n) is 2.18. The topological polar surface area (TPSA) is 114 Å². The number of methoxy groups -OCH3 is 1. The number of ether oxygens (including phenoxy) is 2. The van der Waals surface area contributed by atoms with Crippen molar-refractivity contribution in [3.63, 3.8) is 0 Å². The van der Waals surface area contributed by atoms with Crippen LogP contribution in [0.3, 0.4) is 0 Å². The molecule has 0 aromatic heterocycles. The Morgan fingerprint density at radius 1 is 1.38 bits per heavy atom. The summed E-state index contributed by atoms with van der Waals surface area (Å²) in [5, 5.41) is 14.7. The summed E-state index contributed by atoms with van der Waals surface area (Å²) in [5.41, 5.74) is 0. The second kappa shape index (κ2) is 8.58. The number of esters is 1. The summed E-state index contributed by atoms with van der Waals surface area (Å²) in [4.78, 5) is 34.4. The first kappa shape index (κ1) is 17.4. The van der Waals surface area contributed by atoms with Crippen LogP contribution in [0.25, 0.3) is 0 Å². The highest BCUT2D eigenvalue weighted by Crippen LogP contribution is 2.14. The zero-order valence-corrected chi connectivity index (χ0v) is 12.3. The molecule has 1 aliphatic rings. The van der Waals surface area contributed by atoms with Gasteiger partial charge < -0.3 is 25.2 Å². The van der Waals surface area contributed by atoms with E-state index in [1.807, 2.05) is 6.92 Å². The van der Waals surface area contributed by atoms with Crippen molar-refractivity contribution in [3.05, 3.63) is 0 Å². The van der Waals surface area contributed by atoms with Gasteiger partial charge in [0.1, 0.15) is 6.04 Å². The number of hydrogen-bond acceptors (Lipinski definition) is 6. The lowest BCUT2D eigenvalue weighted by atomic mass is 10.0. The molecule has 3 N–H and O–H groups in total. The minimum Gasteiger partial charge on any atom is -0.480 e. The highest BCUT2D eigenvalue weighted by molar-refractivity contribution is 5.86. The SMILES string of the molecule is CCNC1COCC1C(=O)N[C@@H](CCC(=O)OC)C(=O)O. The molecular weight excluding hydrogens is 280 g/mol. The average Bonchev–Trinajstić information content (AvgIpc) is 2.91. The smallest absolute Gasteiger partial charge is 0.326 e. The van der Waals surface area contributed by atoms with Gasteiger partial charge in [0.15, 0.2) is 0 Å². The third-order valence-corrected chi connectivity index (χ3v) is 3.36. The number of amides is 1. The van der Waals surface area contributed by atoms with Crippen LogP contribution < -0.4 is 10.6 Å². The Hall–Kier alpha value is -1.67. The van der Waals surface area contributed by atoms with Gasteiger partial charge in [0.05, 0.1) is 26.2 Å². The highest BCUT2D eigenvalue weighted by atomic mass is 16.5. The molecule has 8 nitrogen and oxygen atoms in total. The predicted octanol–water partition coefficient (Wildman–Crippen LogP) is -0.866. The fourth-order valence-corrected chi connectivity index (χ4v) is 2.18. The molecule has 0 saturated carbocycles.